The van der Waals surface area contributed by atoms with Gasteiger partial charge in [-0.2, -0.15) is 13.2 Å². The third-order valence-electron chi connectivity index (χ3n) is 4.48. The van der Waals surface area contributed by atoms with Gasteiger partial charge in [-0.05, 0) is 38.0 Å². The van der Waals surface area contributed by atoms with E-state index in [0.29, 0.717) is 5.69 Å². The minimum Gasteiger partial charge on any atom is -0.277 e. The highest BCUT2D eigenvalue weighted by Gasteiger charge is 2.37. The second-order valence-electron chi connectivity index (χ2n) is 6.41. The zero-order chi connectivity index (χ0) is 19.1. The molecular formula is C20H19F3N2O. The zero-order valence-corrected chi connectivity index (χ0v) is 14.7. The number of halogens is 3. The highest BCUT2D eigenvalue weighted by molar-refractivity contribution is 5.43. The molecule has 1 atom stereocenters. The Morgan fingerprint density at radius 1 is 1.00 bits per heavy atom. The van der Waals surface area contributed by atoms with Crippen LogP contribution in [-0.2, 0) is 6.18 Å². The molecule has 0 N–H and O–H groups in total. The predicted octanol–water partition coefficient (Wildman–Crippen LogP) is 4.88. The van der Waals surface area contributed by atoms with Gasteiger partial charge >= 0.3 is 6.18 Å². The highest BCUT2D eigenvalue weighted by Crippen LogP contribution is 2.30. The van der Waals surface area contributed by atoms with Crippen molar-refractivity contribution < 1.29 is 13.2 Å². The Bertz CT molecular complexity index is 985. The van der Waals surface area contributed by atoms with Crippen molar-refractivity contribution in [3.8, 4) is 5.69 Å². The molecule has 1 aromatic heterocycles. The van der Waals surface area contributed by atoms with E-state index in [1.54, 1.807) is 26.0 Å². The van der Waals surface area contributed by atoms with Crippen LogP contribution in [0.2, 0.25) is 0 Å². The quantitative estimate of drug-likeness (QED) is 0.654. The molecule has 0 aliphatic heterocycles. The maximum atomic E-state index is 13.4. The van der Waals surface area contributed by atoms with Gasteiger partial charge in [0.2, 0.25) is 0 Å². The molecule has 0 bridgehead atoms. The van der Waals surface area contributed by atoms with Crippen molar-refractivity contribution in [2.24, 2.45) is 0 Å². The van der Waals surface area contributed by atoms with Crippen molar-refractivity contribution in [1.82, 2.24) is 9.36 Å². The molecule has 3 nitrogen and oxygen atoms in total. The van der Waals surface area contributed by atoms with Crippen molar-refractivity contribution in [2.75, 3.05) is 0 Å². The van der Waals surface area contributed by atoms with E-state index in [2.05, 4.69) is 0 Å². The Kier molecular flexibility index (Phi) is 4.52. The third-order valence-corrected chi connectivity index (χ3v) is 4.48. The standard InChI is InChI=1S/C20H19F3N2O/c1-13-9-10-18(14(2)11-13)25-19(26)17(20(21,22)23)12-24(25)15(3)16-7-5-4-6-8-16/h4-12,15H,1-3H3. The van der Waals surface area contributed by atoms with Gasteiger partial charge in [-0.3, -0.25) is 9.48 Å². The monoisotopic (exact) mass is 360 g/mol. The van der Waals surface area contributed by atoms with Crippen LogP contribution in [0.25, 0.3) is 5.69 Å². The molecule has 0 aliphatic rings. The summed E-state index contributed by atoms with van der Waals surface area (Å²) in [6.07, 6.45) is -3.81. The predicted molar refractivity (Wildman–Crippen MR) is 94.8 cm³/mol. The molecular weight excluding hydrogens is 341 g/mol. The first-order valence-corrected chi connectivity index (χ1v) is 8.24. The first kappa shape index (κ1) is 18.0. The SMILES string of the molecule is Cc1ccc(-n2c(=O)c(C(F)(F)F)cn2C(C)c2ccccc2)c(C)c1. The second-order valence-corrected chi connectivity index (χ2v) is 6.41. The number of alkyl halides is 3. The maximum absolute atomic E-state index is 13.4. The molecule has 1 unspecified atom stereocenters. The molecule has 3 rings (SSSR count). The molecule has 2 aromatic carbocycles. The van der Waals surface area contributed by atoms with Crippen LogP contribution >= 0.6 is 0 Å². The molecule has 0 spiro atoms. The lowest BCUT2D eigenvalue weighted by Crippen LogP contribution is -2.27. The Labute approximate surface area is 149 Å². The van der Waals surface area contributed by atoms with Crippen LogP contribution < -0.4 is 5.56 Å². The van der Waals surface area contributed by atoms with E-state index in [4.69, 9.17) is 0 Å². The molecule has 0 saturated carbocycles. The number of aryl methyl sites for hydroxylation is 2. The fourth-order valence-electron chi connectivity index (χ4n) is 3.10. The molecule has 6 heteroatoms. The third kappa shape index (κ3) is 3.19. The van der Waals surface area contributed by atoms with Gasteiger partial charge in [-0.25, -0.2) is 4.68 Å². The lowest BCUT2D eigenvalue weighted by molar-refractivity contribution is -0.138. The van der Waals surface area contributed by atoms with Gasteiger partial charge in [0.25, 0.3) is 5.56 Å². The van der Waals surface area contributed by atoms with E-state index in [-0.39, 0.29) is 0 Å². The van der Waals surface area contributed by atoms with Gasteiger partial charge in [0, 0.05) is 6.20 Å². The topological polar surface area (TPSA) is 26.9 Å². The summed E-state index contributed by atoms with van der Waals surface area (Å²) in [5.41, 5.74) is 0.742. The highest BCUT2D eigenvalue weighted by atomic mass is 19.4. The van der Waals surface area contributed by atoms with E-state index in [0.717, 1.165) is 27.6 Å². The summed E-state index contributed by atoms with van der Waals surface area (Å²) in [6.45, 7) is 5.45. The smallest absolute Gasteiger partial charge is 0.277 e. The number of aromatic nitrogens is 2. The summed E-state index contributed by atoms with van der Waals surface area (Å²) in [5, 5.41) is 0. The summed E-state index contributed by atoms with van der Waals surface area (Å²) < 4.78 is 42.6. The molecule has 3 aromatic rings. The minimum absolute atomic E-state index is 0.443. The fraction of sp³-hybridized carbons (Fsp3) is 0.250. The number of hydrogen-bond donors (Lipinski definition) is 0. The second kappa shape index (κ2) is 6.52. The molecule has 1 heterocycles. The Morgan fingerprint density at radius 2 is 1.65 bits per heavy atom. The Morgan fingerprint density at radius 3 is 2.23 bits per heavy atom. The number of hydrogen-bond acceptors (Lipinski definition) is 1. The van der Waals surface area contributed by atoms with Crippen LogP contribution in [-0.4, -0.2) is 9.36 Å². The number of nitrogens with zero attached hydrogens (tertiary/aromatic N) is 2. The largest absolute Gasteiger partial charge is 0.423 e. The number of benzene rings is 2. The molecule has 136 valence electrons. The molecule has 0 fully saturated rings. The van der Waals surface area contributed by atoms with Crippen molar-refractivity contribution in [1.29, 1.82) is 0 Å². The fourth-order valence-corrected chi connectivity index (χ4v) is 3.10. The van der Waals surface area contributed by atoms with Crippen LogP contribution in [0.15, 0.2) is 59.5 Å². The van der Waals surface area contributed by atoms with Gasteiger partial charge in [0.05, 0.1) is 11.7 Å². The van der Waals surface area contributed by atoms with E-state index in [1.165, 1.54) is 4.68 Å². The van der Waals surface area contributed by atoms with Crippen molar-refractivity contribution in [3.63, 3.8) is 0 Å². The Hall–Kier alpha value is -2.76. The molecule has 0 amide bonds. The zero-order valence-electron chi connectivity index (χ0n) is 14.7. The summed E-state index contributed by atoms with van der Waals surface area (Å²) in [6, 6.07) is 14.0. The Balaban J connectivity index is 2.28. The van der Waals surface area contributed by atoms with Crippen LogP contribution in [0, 0.1) is 13.8 Å². The number of rotatable bonds is 3. The average Bonchev–Trinajstić information content (AvgIpc) is 2.92. The maximum Gasteiger partial charge on any atom is 0.423 e. The van der Waals surface area contributed by atoms with Gasteiger partial charge in [0.1, 0.15) is 5.56 Å². The lowest BCUT2D eigenvalue weighted by atomic mass is 10.1. The van der Waals surface area contributed by atoms with E-state index in [1.807, 2.05) is 43.3 Å². The first-order valence-electron chi connectivity index (χ1n) is 8.24. The molecule has 26 heavy (non-hydrogen) atoms. The van der Waals surface area contributed by atoms with Gasteiger partial charge in [0.15, 0.2) is 0 Å². The van der Waals surface area contributed by atoms with E-state index in [9.17, 15) is 18.0 Å². The summed E-state index contributed by atoms with van der Waals surface area (Å²) >= 11 is 0. The van der Waals surface area contributed by atoms with Gasteiger partial charge in [-0.15, -0.1) is 0 Å². The molecule has 0 saturated heterocycles. The van der Waals surface area contributed by atoms with Gasteiger partial charge < -0.3 is 0 Å². The van der Waals surface area contributed by atoms with Crippen LogP contribution in [0.5, 0.6) is 0 Å². The first-order chi connectivity index (χ1) is 12.2. The lowest BCUT2D eigenvalue weighted by Gasteiger charge is -2.20. The van der Waals surface area contributed by atoms with E-state index >= 15 is 0 Å². The normalized spacial score (nSPS) is 13.0. The van der Waals surface area contributed by atoms with Crippen molar-refractivity contribution >= 4 is 0 Å². The van der Waals surface area contributed by atoms with Gasteiger partial charge in [-0.1, -0.05) is 48.0 Å². The van der Waals surface area contributed by atoms with Crippen molar-refractivity contribution in [3.05, 3.63) is 87.3 Å². The summed E-state index contributed by atoms with van der Waals surface area (Å²) in [4.78, 5) is 12.6. The van der Waals surface area contributed by atoms with Crippen LogP contribution in [0.1, 0.15) is 35.2 Å². The summed E-state index contributed by atoms with van der Waals surface area (Å²) in [5.74, 6) is 0. The molecule has 0 aliphatic carbocycles. The van der Waals surface area contributed by atoms with Crippen LogP contribution in [0.4, 0.5) is 13.2 Å². The average molecular weight is 360 g/mol. The summed E-state index contributed by atoms with van der Waals surface area (Å²) in [7, 11) is 0. The van der Waals surface area contributed by atoms with E-state index < -0.39 is 23.3 Å². The molecule has 0 radical (unpaired) electrons. The van der Waals surface area contributed by atoms with Crippen LogP contribution in [0.3, 0.4) is 0 Å². The van der Waals surface area contributed by atoms with Crippen molar-refractivity contribution in [2.45, 2.75) is 33.0 Å². The minimum atomic E-state index is -4.71.